The zero-order chi connectivity index (χ0) is 12.8. The van der Waals surface area contributed by atoms with Gasteiger partial charge < -0.3 is 4.74 Å². The van der Waals surface area contributed by atoms with E-state index < -0.39 is 0 Å². The molecule has 0 aromatic heterocycles. The van der Waals surface area contributed by atoms with E-state index in [4.69, 9.17) is 4.74 Å². The van der Waals surface area contributed by atoms with Crippen LogP contribution in [0.5, 0.6) is 5.75 Å². The van der Waals surface area contributed by atoms with Crippen LogP contribution in [0.4, 0.5) is 0 Å². The molecule has 0 saturated heterocycles. The second-order valence-electron chi connectivity index (χ2n) is 3.93. The Bertz CT molecular complexity index is 494. The van der Waals surface area contributed by atoms with Gasteiger partial charge in [-0.1, -0.05) is 43.0 Å². The summed E-state index contributed by atoms with van der Waals surface area (Å²) in [6, 6.07) is 16.7. The Labute approximate surface area is 113 Å². The van der Waals surface area contributed by atoms with Crippen LogP contribution in [0.2, 0.25) is 0 Å². The summed E-state index contributed by atoms with van der Waals surface area (Å²) in [6.45, 7) is 4.91. The van der Waals surface area contributed by atoms with Gasteiger partial charge in [0.1, 0.15) is 5.75 Å². The van der Waals surface area contributed by atoms with Crippen LogP contribution in [-0.4, -0.2) is 6.61 Å². The maximum absolute atomic E-state index is 5.69. The maximum atomic E-state index is 5.69. The molecule has 2 heteroatoms. The van der Waals surface area contributed by atoms with E-state index in [1.54, 1.807) is 11.8 Å². The van der Waals surface area contributed by atoms with Crippen molar-refractivity contribution in [3.8, 4) is 5.75 Å². The molecule has 0 N–H and O–H groups in total. The van der Waals surface area contributed by atoms with Gasteiger partial charge >= 0.3 is 0 Å². The molecular formula is C16H18OS. The summed E-state index contributed by atoms with van der Waals surface area (Å²) >= 11 is 1.80. The van der Waals surface area contributed by atoms with Gasteiger partial charge in [0.25, 0.3) is 0 Å². The molecule has 2 aromatic carbocycles. The molecule has 0 bridgehead atoms. The average Bonchev–Trinajstić information content (AvgIpc) is 2.41. The summed E-state index contributed by atoms with van der Waals surface area (Å²) in [5, 5.41) is 0. The van der Waals surface area contributed by atoms with Crippen molar-refractivity contribution in [3.05, 3.63) is 54.1 Å². The normalized spacial score (nSPS) is 10.3. The van der Waals surface area contributed by atoms with Crippen LogP contribution in [-0.2, 0) is 6.42 Å². The van der Waals surface area contributed by atoms with Crippen molar-refractivity contribution in [2.45, 2.75) is 30.1 Å². The van der Waals surface area contributed by atoms with Crippen LogP contribution < -0.4 is 4.74 Å². The van der Waals surface area contributed by atoms with Crippen LogP contribution in [0, 0.1) is 0 Å². The fourth-order valence-electron chi connectivity index (χ4n) is 1.90. The first-order valence-corrected chi connectivity index (χ1v) is 7.14. The topological polar surface area (TPSA) is 9.23 Å². The number of hydrogen-bond donors (Lipinski definition) is 0. The summed E-state index contributed by atoms with van der Waals surface area (Å²) in [7, 11) is 0. The molecule has 0 amide bonds. The van der Waals surface area contributed by atoms with E-state index in [1.807, 2.05) is 13.0 Å². The SMILES string of the molecule is CCOc1cccc(Sc2ccccc2)c1CC. The third-order valence-electron chi connectivity index (χ3n) is 2.71. The van der Waals surface area contributed by atoms with Crippen LogP contribution in [0.25, 0.3) is 0 Å². The maximum Gasteiger partial charge on any atom is 0.123 e. The summed E-state index contributed by atoms with van der Waals surface area (Å²) in [5.41, 5.74) is 1.30. The molecule has 0 aliphatic carbocycles. The smallest absolute Gasteiger partial charge is 0.123 e. The number of ether oxygens (including phenoxy) is 1. The van der Waals surface area contributed by atoms with Crippen molar-refractivity contribution >= 4 is 11.8 Å². The molecule has 2 aromatic rings. The highest BCUT2D eigenvalue weighted by molar-refractivity contribution is 7.99. The Balaban J connectivity index is 2.30. The molecule has 0 fully saturated rings. The average molecular weight is 258 g/mol. The van der Waals surface area contributed by atoms with Crippen LogP contribution >= 0.6 is 11.8 Å². The Morgan fingerprint density at radius 3 is 2.39 bits per heavy atom. The van der Waals surface area contributed by atoms with E-state index in [-0.39, 0.29) is 0 Å². The van der Waals surface area contributed by atoms with Crippen molar-refractivity contribution in [1.29, 1.82) is 0 Å². The molecule has 0 spiro atoms. The van der Waals surface area contributed by atoms with Gasteiger partial charge in [0.05, 0.1) is 6.61 Å². The van der Waals surface area contributed by atoms with Crippen molar-refractivity contribution in [2.75, 3.05) is 6.61 Å². The summed E-state index contributed by atoms with van der Waals surface area (Å²) in [5.74, 6) is 1.01. The summed E-state index contributed by atoms with van der Waals surface area (Å²) in [4.78, 5) is 2.55. The fraction of sp³-hybridized carbons (Fsp3) is 0.250. The lowest BCUT2D eigenvalue weighted by molar-refractivity contribution is 0.335. The first kappa shape index (κ1) is 13.0. The highest BCUT2D eigenvalue weighted by Gasteiger charge is 2.08. The molecule has 0 radical (unpaired) electrons. The first-order valence-electron chi connectivity index (χ1n) is 6.32. The molecule has 2 rings (SSSR count). The Kier molecular flexibility index (Phi) is 4.71. The number of benzene rings is 2. The van der Waals surface area contributed by atoms with E-state index in [9.17, 15) is 0 Å². The first-order chi connectivity index (χ1) is 8.85. The monoisotopic (exact) mass is 258 g/mol. The predicted octanol–water partition coefficient (Wildman–Crippen LogP) is 4.80. The van der Waals surface area contributed by atoms with Crippen molar-refractivity contribution in [1.82, 2.24) is 0 Å². The lowest BCUT2D eigenvalue weighted by Crippen LogP contribution is -1.97. The van der Waals surface area contributed by atoms with Gasteiger partial charge in [0.2, 0.25) is 0 Å². The molecule has 0 atom stereocenters. The minimum atomic E-state index is 0.715. The van der Waals surface area contributed by atoms with Gasteiger partial charge in [-0.15, -0.1) is 0 Å². The largest absolute Gasteiger partial charge is 0.494 e. The molecule has 0 aliphatic rings. The molecule has 1 nitrogen and oxygen atoms in total. The summed E-state index contributed by atoms with van der Waals surface area (Å²) in [6.07, 6.45) is 0.991. The number of hydrogen-bond acceptors (Lipinski definition) is 2. The molecule has 0 heterocycles. The van der Waals surface area contributed by atoms with Crippen molar-refractivity contribution < 1.29 is 4.74 Å². The van der Waals surface area contributed by atoms with Crippen molar-refractivity contribution in [2.24, 2.45) is 0 Å². The molecule has 0 aliphatic heterocycles. The van der Waals surface area contributed by atoms with Crippen molar-refractivity contribution in [3.63, 3.8) is 0 Å². The second-order valence-corrected chi connectivity index (χ2v) is 5.05. The zero-order valence-corrected chi connectivity index (χ0v) is 11.7. The minimum Gasteiger partial charge on any atom is -0.494 e. The van der Waals surface area contributed by atoms with E-state index in [0.717, 1.165) is 12.2 Å². The van der Waals surface area contributed by atoms with Gasteiger partial charge in [-0.3, -0.25) is 0 Å². The quantitative estimate of drug-likeness (QED) is 0.762. The van der Waals surface area contributed by atoms with Gasteiger partial charge in [-0.25, -0.2) is 0 Å². The lowest BCUT2D eigenvalue weighted by atomic mass is 10.1. The molecule has 94 valence electrons. The van der Waals surface area contributed by atoms with E-state index in [0.29, 0.717) is 6.61 Å². The van der Waals surface area contributed by atoms with Gasteiger partial charge in [-0.2, -0.15) is 0 Å². The summed E-state index contributed by atoms with van der Waals surface area (Å²) < 4.78 is 5.69. The van der Waals surface area contributed by atoms with E-state index in [2.05, 4.69) is 49.4 Å². The van der Waals surface area contributed by atoms with Crippen LogP contribution in [0.15, 0.2) is 58.3 Å². The van der Waals surface area contributed by atoms with Gasteiger partial charge in [0.15, 0.2) is 0 Å². The molecule has 0 saturated carbocycles. The second kappa shape index (κ2) is 6.50. The Hall–Kier alpha value is -1.41. The van der Waals surface area contributed by atoms with Gasteiger partial charge in [-0.05, 0) is 37.6 Å². The molecular weight excluding hydrogens is 240 g/mol. The highest BCUT2D eigenvalue weighted by Crippen LogP contribution is 2.35. The zero-order valence-electron chi connectivity index (χ0n) is 10.8. The Morgan fingerprint density at radius 1 is 0.944 bits per heavy atom. The highest BCUT2D eigenvalue weighted by atomic mass is 32.2. The predicted molar refractivity (Wildman–Crippen MR) is 77.6 cm³/mol. The third kappa shape index (κ3) is 3.08. The molecule has 0 unspecified atom stereocenters. The standard InChI is InChI=1S/C16H18OS/c1-3-14-15(17-4-2)11-8-12-16(14)18-13-9-6-5-7-10-13/h5-12H,3-4H2,1-2H3. The lowest BCUT2D eigenvalue weighted by Gasteiger charge is -2.13. The Morgan fingerprint density at radius 2 is 1.72 bits per heavy atom. The van der Waals surface area contributed by atoms with E-state index in [1.165, 1.54) is 15.4 Å². The van der Waals surface area contributed by atoms with Crippen LogP contribution in [0.1, 0.15) is 19.4 Å². The minimum absolute atomic E-state index is 0.715. The van der Waals surface area contributed by atoms with Gasteiger partial charge in [0, 0.05) is 15.4 Å². The molecule has 18 heavy (non-hydrogen) atoms. The van der Waals surface area contributed by atoms with E-state index >= 15 is 0 Å². The van der Waals surface area contributed by atoms with Crippen LogP contribution in [0.3, 0.4) is 0 Å². The third-order valence-corrected chi connectivity index (χ3v) is 3.82. The number of rotatable bonds is 5. The fourth-order valence-corrected chi connectivity index (χ4v) is 2.96.